The van der Waals surface area contributed by atoms with Crippen molar-refractivity contribution in [3.63, 3.8) is 0 Å². The number of rotatable bonds is 4. The van der Waals surface area contributed by atoms with Crippen LogP contribution < -0.4 is 4.74 Å². The van der Waals surface area contributed by atoms with E-state index < -0.39 is 12.3 Å². The molecular formula is C14H13FO3. The topological polar surface area (TPSA) is 35.5 Å². The summed E-state index contributed by atoms with van der Waals surface area (Å²) in [6.45, 7) is 1.74. The Morgan fingerprint density at radius 1 is 1.22 bits per heavy atom. The van der Waals surface area contributed by atoms with E-state index in [1.165, 1.54) is 0 Å². The van der Waals surface area contributed by atoms with E-state index in [1.807, 2.05) is 30.3 Å². The van der Waals surface area contributed by atoms with Gasteiger partial charge in [-0.2, -0.15) is 4.39 Å². The van der Waals surface area contributed by atoms with Gasteiger partial charge >= 0.3 is 12.3 Å². The van der Waals surface area contributed by atoms with Gasteiger partial charge in [0.1, 0.15) is 5.75 Å². The molecule has 94 valence electrons. The van der Waals surface area contributed by atoms with Gasteiger partial charge in [-0.15, -0.1) is 0 Å². The number of benzene rings is 2. The summed E-state index contributed by atoms with van der Waals surface area (Å²) in [5, 5.41) is 1.68. The number of hydrogen-bond donors (Lipinski definition) is 0. The highest BCUT2D eigenvalue weighted by Crippen LogP contribution is 2.26. The average molecular weight is 248 g/mol. The molecule has 1 atom stereocenters. The molecule has 0 N–H and O–H groups in total. The molecule has 0 saturated heterocycles. The first-order valence-electron chi connectivity index (χ1n) is 5.67. The molecule has 0 aliphatic carbocycles. The minimum absolute atomic E-state index is 0.123. The summed E-state index contributed by atoms with van der Waals surface area (Å²) in [5.41, 5.74) is 0. The molecular weight excluding hydrogens is 235 g/mol. The minimum Gasteiger partial charge on any atom is -0.461 e. The Hall–Kier alpha value is -2.10. The number of carbonyl (C=O) groups excluding carboxylic acids is 1. The van der Waals surface area contributed by atoms with Gasteiger partial charge in [0.05, 0.1) is 6.61 Å². The van der Waals surface area contributed by atoms with Crippen LogP contribution in [-0.4, -0.2) is 18.9 Å². The lowest BCUT2D eigenvalue weighted by molar-refractivity contribution is -0.159. The van der Waals surface area contributed by atoms with Gasteiger partial charge in [-0.25, -0.2) is 4.79 Å². The zero-order valence-electron chi connectivity index (χ0n) is 9.93. The van der Waals surface area contributed by atoms with Gasteiger partial charge in [0.2, 0.25) is 0 Å². The monoisotopic (exact) mass is 248 g/mol. The van der Waals surface area contributed by atoms with Crippen molar-refractivity contribution < 1.29 is 18.7 Å². The summed E-state index contributed by atoms with van der Waals surface area (Å²) in [6, 6.07) is 12.7. The fraction of sp³-hybridized carbons (Fsp3) is 0.214. The maximum atomic E-state index is 13.5. The Labute approximate surface area is 104 Å². The quantitative estimate of drug-likeness (QED) is 0.780. The molecule has 2 rings (SSSR count). The van der Waals surface area contributed by atoms with E-state index >= 15 is 0 Å². The van der Waals surface area contributed by atoms with Crippen LogP contribution in [0.1, 0.15) is 6.92 Å². The molecule has 18 heavy (non-hydrogen) atoms. The molecule has 0 fully saturated rings. The number of esters is 1. The lowest BCUT2D eigenvalue weighted by atomic mass is 10.1. The number of halogens is 1. The fourth-order valence-electron chi connectivity index (χ4n) is 1.67. The normalized spacial score (nSPS) is 12.1. The Morgan fingerprint density at radius 3 is 2.72 bits per heavy atom. The van der Waals surface area contributed by atoms with Crippen molar-refractivity contribution in [2.75, 3.05) is 6.61 Å². The van der Waals surface area contributed by atoms with Crippen LogP contribution >= 0.6 is 0 Å². The fourth-order valence-corrected chi connectivity index (χ4v) is 1.67. The molecule has 0 heterocycles. The van der Waals surface area contributed by atoms with Crippen LogP contribution in [0.15, 0.2) is 42.5 Å². The summed E-state index contributed by atoms with van der Waals surface area (Å²) >= 11 is 0. The maximum Gasteiger partial charge on any atom is 0.381 e. The van der Waals surface area contributed by atoms with Crippen LogP contribution in [0.3, 0.4) is 0 Å². The van der Waals surface area contributed by atoms with Crippen LogP contribution in [0.2, 0.25) is 0 Å². The van der Waals surface area contributed by atoms with E-state index in [9.17, 15) is 9.18 Å². The van der Waals surface area contributed by atoms with E-state index in [-0.39, 0.29) is 6.61 Å². The molecule has 2 aromatic carbocycles. The Bertz CT molecular complexity index is 548. The van der Waals surface area contributed by atoms with Crippen molar-refractivity contribution in [2.24, 2.45) is 0 Å². The third-order valence-corrected chi connectivity index (χ3v) is 2.45. The van der Waals surface area contributed by atoms with E-state index in [0.29, 0.717) is 5.75 Å². The second kappa shape index (κ2) is 5.49. The number of ether oxygens (including phenoxy) is 2. The van der Waals surface area contributed by atoms with E-state index in [2.05, 4.69) is 4.74 Å². The summed E-state index contributed by atoms with van der Waals surface area (Å²) in [7, 11) is 0. The molecule has 0 saturated carbocycles. The zero-order valence-corrected chi connectivity index (χ0v) is 9.93. The predicted octanol–water partition coefficient (Wildman–Crippen LogP) is 3.08. The SMILES string of the molecule is CCOC(=O)C(F)Oc1cccc2ccccc12. The number of fused-ring (bicyclic) bond motifs is 1. The van der Waals surface area contributed by atoms with Crippen LogP contribution in [0.4, 0.5) is 4.39 Å². The lowest BCUT2D eigenvalue weighted by Gasteiger charge is -2.12. The summed E-state index contributed by atoms with van der Waals surface area (Å²) < 4.78 is 23.1. The molecule has 0 bridgehead atoms. The molecule has 4 heteroatoms. The van der Waals surface area contributed by atoms with Crippen molar-refractivity contribution in [3.05, 3.63) is 42.5 Å². The molecule has 0 spiro atoms. The predicted molar refractivity (Wildman–Crippen MR) is 66.1 cm³/mol. The average Bonchev–Trinajstić information content (AvgIpc) is 2.39. The first-order chi connectivity index (χ1) is 8.72. The molecule has 0 aromatic heterocycles. The number of carbonyl (C=O) groups is 1. The highest BCUT2D eigenvalue weighted by atomic mass is 19.1. The van der Waals surface area contributed by atoms with Gasteiger partial charge in [-0.05, 0) is 18.4 Å². The minimum atomic E-state index is -2.10. The molecule has 0 aliphatic rings. The number of hydrogen-bond acceptors (Lipinski definition) is 3. The molecule has 1 unspecified atom stereocenters. The molecule has 0 radical (unpaired) electrons. The van der Waals surface area contributed by atoms with E-state index in [1.54, 1.807) is 19.1 Å². The van der Waals surface area contributed by atoms with E-state index in [4.69, 9.17) is 4.74 Å². The third kappa shape index (κ3) is 2.59. The standard InChI is InChI=1S/C14H13FO3/c1-2-17-14(16)13(15)18-12-9-5-7-10-6-3-4-8-11(10)12/h3-9,13H,2H2,1H3. The van der Waals surface area contributed by atoms with Gasteiger partial charge in [-0.1, -0.05) is 36.4 Å². The zero-order chi connectivity index (χ0) is 13.0. The Morgan fingerprint density at radius 2 is 1.94 bits per heavy atom. The smallest absolute Gasteiger partial charge is 0.381 e. The largest absolute Gasteiger partial charge is 0.461 e. The Balaban J connectivity index is 2.24. The molecule has 0 amide bonds. The van der Waals surface area contributed by atoms with Crippen LogP contribution in [0.25, 0.3) is 10.8 Å². The first-order valence-corrected chi connectivity index (χ1v) is 5.67. The number of alkyl halides is 1. The highest BCUT2D eigenvalue weighted by molar-refractivity contribution is 5.88. The van der Waals surface area contributed by atoms with Crippen LogP contribution in [-0.2, 0) is 9.53 Å². The van der Waals surface area contributed by atoms with Gasteiger partial charge in [0.25, 0.3) is 0 Å². The van der Waals surface area contributed by atoms with Gasteiger partial charge < -0.3 is 9.47 Å². The van der Waals surface area contributed by atoms with Crippen molar-refractivity contribution in [2.45, 2.75) is 13.3 Å². The molecule has 2 aromatic rings. The molecule has 0 aliphatic heterocycles. The van der Waals surface area contributed by atoms with Crippen molar-refractivity contribution in [1.29, 1.82) is 0 Å². The Kier molecular flexibility index (Phi) is 3.77. The highest BCUT2D eigenvalue weighted by Gasteiger charge is 2.21. The molecule has 3 nitrogen and oxygen atoms in total. The summed E-state index contributed by atoms with van der Waals surface area (Å²) in [6.07, 6.45) is -2.10. The van der Waals surface area contributed by atoms with Gasteiger partial charge in [0.15, 0.2) is 0 Å². The van der Waals surface area contributed by atoms with Crippen molar-refractivity contribution in [1.82, 2.24) is 0 Å². The van der Waals surface area contributed by atoms with Crippen molar-refractivity contribution >= 4 is 16.7 Å². The van der Waals surface area contributed by atoms with Gasteiger partial charge in [0, 0.05) is 5.39 Å². The maximum absolute atomic E-state index is 13.5. The second-order valence-corrected chi connectivity index (χ2v) is 3.66. The lowest BCUT2D eigenvalue weighted by Crippen LogP contribution is -2.24. The third-order valence-electron chi connectivity index (χ3n) is 2.45. The van der Waals surface area contributed by atoms with Crippen LogP contribution in [0, 0.1) is 0 Å². The first kappa shape index (κ1) is 12.4. The van der Waals surface area contributed by atoms with Gasteiger partial charge in [-0.3, -0.25) is 0 Å². The van der Waals surface area contributed by atoms with Crippen LogP contribution in [0.5, 0.6) is 5.75 Å². The van der Waals surface area contributed by atoms with E-state index in [0.717, 1.165) is 10.8 Å². The second-order valence-electron chi connectivity index (χ2n) is 3.66. The summed E-state index contributed by atoms with van der Waals surface area (Å²) in [4.78, 5) is 11.2. The summed E-state index contributed by atoms with van der Waals surface area (Å²) in [5.74, 6) is -0.681. The van der Waals surface area contributed by atoms with Crippen molar-refractivity contribution in [3.8, 4) is 5.75 Å².